The van der Waals surface area contributed by atoms with Crippen molar-refractivity contribution >= 4 is 13.8 Å². The molecule has 1 atom stereocenters. The quantitative estimate of drug-likeness (QED) is 0.284. The lowest BCUT2D eigenvalue weighted by Crippen LogP contribution is -2.31. The second-order valence-electron chi connectivity index (χ2n) is 7.25. The number of hydrogen-bond acceptors (Lipinski definition) is 6. The number of nitrogens with zero attached hydrogens (tertiary/aromatic N) is 3. The third-order valence-corrected chi connectivity index (χ3v) is 5.46. The predicted molar refractivity (Wildman–Crippen MR) is 87.7 cm³/mol. The summed E-state index contributed by atoms with van der Waals surface area (Å²) >= 11 is 0. The van der Waals surface area contributed by atoms with Crippen LogP contribution < -0.4 is 4.74 Å². The summed E-state index contributed by atoms with van der Waals surface area (Å²) in [5, 5.41) is 15.0. The number of hydrogen-bond donors (Lipinski definition) is 0. The second kappa shape index (κ2) is 7.75. The molecular weight excluding hydrogens is 356 g/mol. The van der Waals surface area contributed by atoms with Crippen LogP contribution >= 0.6 is 0 Å². The Morgan fingerprint density at radius 2 is 2.24 bits per heavy atom. The minimum absolute atomic E-state index is 0.0391. The van der Waals surface area contributed by atoms with Crippen molar-refractivity contribution in [1.82, 2.24) is 9.78 Å². The van der Waals surface area contributed by atoms with Crippen LogP contribution in [0.2, 0.25) is 25.7 Å². The Morgan fingerprint density at radius 1 is 1.52 bits per heavy atom. The van der Waals surface area contributed by atoms with Gasteiger partial charge in [0.05, 0.1) is 17.4 Å². The summed E-state index contributed by atoms with van der Waals surface area (Å²) in [5.41, 5.74) is -0.379. The lowest BCUT2D eigenvalue weighted by molar-refractivity contribution is -0.386. The van der Waals surface area contributed by atoms with Gasteiger partial charge in [0.1, 0.15) is 26.1 Å². The summed E-state index contributed by atoms with van der Waals surface area (Å²) in [6, 6.07) is 0.955. The summed E-state index contributed by atoms with van der Waals surface area (Å²) in [5.74, 6) is -4.44. The summed E-state index contributed by atoms with van der Waals surface area (Å²) in [6.45, 7) is 5.99. The molecule has 142 valence electrons. The monoisotopic (exact) mass is 379 g/mol. The number of rotatable bonds is 9. The van der Waals surface area contributed by atoms with Gasteiger partial charge in [0.2, 0.25) is 0 Å². The first-order valence-electron chi connectivity index (χ1n) is 7.96. The van der Waals surface area contributed by atoms with Gasteiger partial charge in [-0.25, -0.2) is 13.5 Å². The van der Waals surface area contributed by atoms with Gasteiger partial charge in [0, 0.05) is 14.7 Å². The Hall–Kier alpha value is -1.59. The van der Waals surface area contributed by atoms with Crippen LogP contribution in [-0.2, 0) is 16.2 Å². The Morgan fingerprint density at radius 3 is 2.80 bits per heavy atom. The molecule has 1 aromatic heterocycles. The van der Waals surface area contributed by atoms with E-state index < -0.39 is 38.1 Å². The molecule has 11 heteroatoms. The van der Waals surface area contributed by atoms with Crippen LogP contribution in [-0.4, -0.2) is 55.1 Å². The van der Waals surface area contributed by atoms with Crippen LogP contribution in [0.5, 0.6) is 5.88 Å². The molecule has 1 aliphatic rings. The minimum atomic E-state index is -3.00. The molecule has 0 aromatic carbocycles. The van der Waals surface area contributed by atoms with E-state index in [1.54, 1.807) is 0 Å². The van der Waals surface area contributed by atoms with Crippen molar-refractivity contribution in [3.63, 3.8) is 0 Å². The van der Waals surface area contributed by atoms with E-state index in [9.17, 15) is 18.9 Å². The van der Waals surface area contributed by atoms with Crippen molar-refractivity contribution in [2.45, 2.75) is 38.3 Å². The van der Waals surface area contributed by atoms with Gasteiger partial charge >= 0.3 is 11.6 Å². The predicted octanol–water partition coefficient (Wildman–Crippen LogP) is 2.76. The molecule has 0 bridgehead atoms. The molecular formula is C14H23F2N3O5Si. The summed E-state index contributed by atoms with van der Waals surface area (Å²) in [4.78, 5) is 10.4. The molecule has 0 amide bonds. The normalized spacial score (nSPS) is 20.0. The highest BCUT2D eigenvalue weighted by Crippen LogP contribution is 2.33. The molecule has 0 unspecified atom stereocenters. The van der Waals surface area contributed by atoms with Crippen LogP contribution in [0.4, 0.5) is 14.5 Å². The molecule has 8 nitrogen and oxygen atoms in total. The van der Waals surface area contributed by atoms with Gasteiger partial charge in [-0.1, -0.05) is 19.6 Å². The van der Waals surface area contributed by atoms with E-state index in [0.29, 0.717) is 6.61 Å². The SMILES string of the molecule is C[Si](C)(C)CCOCn1cc([N+](=O)[O-])c(OC[C@H]2COCC2(F)F)n1. The number of halogens is 2. The summed E-state index contributed by atoms with van der Waals surface area (Å²) < 4.78 is 43.6. The topological polar surface area (TPSA) is 88.7 Å². The smallest absolute Gasteiger partial charge is 0.350 e. The van der Waals surface area contributed by atoms with Crippen LogP contribution in [0.25, 0.3) is 0 Å². The van der Waals surface area contributed by atoms with Gasteiger partial charge in [-0.3, -0.25) is 10.1 Å². The number of alkyl halides is 2. The van der Waals surface area contributed by atoms with Crippen LogP contribution in [0.15, 0.2) is 6.20 Å². The fourth-order valence-corrected chi connectivity index (χ4v) is 2.91. The Bertz CT molecular complexity index is 606. The van der Waals surface area contributed by atoms with E-state index in [1.165, 1.54) is 10.9 Å². The van der Waals surface area contributed by atoms with Crippen molar-refractivity contribution in [2.24, 2.45) is 5.92 Å². The lowest BCUT2D eigenvalue weighted by Gasteiger charge is -2.16. The molecule has 1 fully saturated rings. The zero-order valence-corrected chi connectivity index (χ0v) is 15.5. The number of aromatic nitrogens is 2. The van der Waals surface area contributed by atoms with E-state index in [-0.39, 0.29) is 24.9 Å². The van der Waals surface area contributed by atoms with Gasteiger partial charge in [-0.15, -0.1) is 5.10 Å². The van der Waals surface area contributed by atoms with Crippen molar-refractivity contribution in [2.75, 3.05) is 26.4 Å². The van der Waals surface area contributed by atoms with Gasteiger partial charge in [0.25, 0.3) is 5.92 Å². The maximum atomic E-state index is 13.5. The molecule has 0 N–H and O–H groups in total. The molecule has 1 aromatic rings. The Balaban J connectivity index is 1.93. The Kier molecular flexibility index (Phi) is 6.11. The largest absolute Gasteiger partial charge is 0.471 e. The molecule has 1 saturated heterocycles. The average molecular weight is 379 g/mol. The molecule has 0 radical (unpaired) electrons. The zero-order chi connectivity index (χ0) is 18.7. The number of ether oxygens (including phenoxy) is 3. The molecule has 0 spiro atoms. The first-order valence-corrected chi connectivity index (χ1v) is 11.7. The fraction of sp³-hybridized carbons (Fsp3) is 0.786. The third-order valence-electron chi connectivity index (χ3n) is 3.76. The molecule has 1 aliphatic heterocycles. The van der Waals surface area contributed by atoms with Crippen molar-refractivity contribution < 1.29 is 27.9 Å². The highest BCUT2D eigenvalue weighted by atomic mass is 28.3. The second-order valence-corrected chi connectivity index (χ2v) is 12.9. The molecule has 0 saturated carbocycles. The van der Waals surface area contributed by atoms with Crippen LogP contribution in [0.3, 0.4) is 0 Å². The lowest BCUT2D eigenvalue weighted by atomic mass is 10.1. The van der Waals surface area contributed by atoms with E-state index in [0.717, 1.165) is 6.04 Å². The van der Waals surface area contributed by atoms with E-state index >= 15 is 0 Å². The zero-order valence-electron chi connectivity index (χ0n) is 14.5. The van der Waals surface area contributed by atoms with Crippen LogP contribution in [0.1, 0.15) is 0 Å². The maximum Gasteiger partial charge on any atom is 0.350 e. The van der Waals surface area contributed by atoms with Gasteiger partial charge < -0.3 is 14.2 Å². The maximum absolute atomic E-state index is 13.5. The third kappa shape index (κ3) is 5.72. The number of nitro groups is 1. The highest BCUT2D eigenvalue weighted by Gasteiger charge is 2.46. The molecule has 2 rings (SSSR count). The van der Waals surface area contributed by atoms with Gasteiger partial charge in [-0.2, -0.15) is 0 Å². The first-order chi connectivity index (χ1) is 11.6. The average Bonchev–Trinajstić information content (AvgIpc) is 3.03. The fourth-order valence-electron chi connectivity index (χ4n) is 2.15. The molecule has 2 heterocycles. The first kappa shape index (κ1) is 19.7. The standard InChI is InChI=1S/C14H23F2N3O5Si/c1-25(2,3)5-4-22-10-18-6-12(19(20)21)13(17-18)24-8-11-7-23-9-14(11,15)16/h6,11H,4-5,7-10H2,1-3H3/t11-/m1/s1. The van der Waals surface area contributed by atoms with Crippen molar-refractivity contribution in [3.8, 4) is 5.88 Å². The molecule has 25 heavy (non-hydrogen) atoms. The summed E-state index contributed by atoms with van der Waals surface area (Å²) in [7, 11) is -1.23. The summed E-state index contributed by atoms with van der Waals surface area (Å²) in [6.07, 6.45) is 1.17. The molecule has 0 aliphatic carbocycles. The highest BCUT2D eigenvalue weighted by molar-refractivity contribution is 6.76. The van der Waals surface area contributed by atoms with Gasteiger partial charge in [0.15, 0.2) is 0 Å². The van der Waals surface area contributed by atoms with E-state index in [2.05, 4.69) is 24.7 Å². The van der Waals surface area contributed by atoms with Crippen LogP contribution in [0, 0.1) is 16.0 Å². The van der Waals surface area contributed by atoms with Crippen molar-refractivity contribution in [3.05, 3.63) is 16.3 Å². The van der Waals surface area contributed by atoms with Crippen molar-refractivity contribution in [1.29, 1.82) is 0 Å². The van der Waals surface area contributed by atoms with Gasteiger partial charge in [-0.05, 0) is 6.04 Å². The van der Waals surface area contributed by atoms with E-state index in [1.807, 2.05) is 0 Å². The van der Waals surface area contributed by atoms with E-state index in [4.69, 9.17) is 14.2 Å². The minimum Gasteiger partial charge on any atom is -0.471 e. The Labute approximate surface area is 145 Å².